The van der Waals surface area contributed by atoms with Crippen molar-refractivity contribution in [3.8, 4) is 0 Å². The van der Waals surface area contributed by atoms with Crippen LogP contribution in [0.5, 0.6) is 0 Å². The Morgan fingerprint density at radius 2 is 1.80 bits per heavy atom. The Morgan fingerprint density at radius 1 is 1.00 bits per heavy atom. The van der Waals surface area contributed by atoms with Gasteiger partial charge in [-0.3, -0.25) is 0 Å². The molecule has 0 bridgehead atoms. The van der Waals surface area contributed by atoms with Gasteiger partial charge in [0.25, 0.3) is 0 Å². The van der Waals surface area contributed by atoms with Crippen molar-refractivity contribution in [2.24, 2.45) is 0 Å². The molecule has 6 nitrogen and oxygen atoms in total. The first-order valence-electron chi connectivity index (χ1n) is 6.41. The second-order valence-electron chi connectivity index (χ2n) is 4.15. The van der Waals surface area contributed by atoms with Gasteiger partial charge in [-0.25, -0.2) is 9.97 Å². The van der Waals surface area contributed by atoms with Crippen molar-refractivity contribution in [1.82, 2.24) is 19.9 Å². The van der Waals surface area contributed by atoms with E-state index >= 15 is 0 Å². The molecule has 6 heteroatoms. The summed E-state index contributed by atoms with van der Waals surface area (Å²) in [5.74, 6) is 1.18. The molecule has 0 aliphatic carbocycles. The Morgan fingerprint density at radius 3 is 2.60 bits per heavy atom. The summed E-state index contributed by atoms with van der Waals surface area (Å²) < 4.78 is 0. The van der Waals surface area contributed by atoms with Crippen LogP contribution in [0, 0.1) is 0 Å². The van der Waals surface area contributed by atoms with Crippen LogP contribution in [-0.2, 0) is 0 Å². The minimum absolute atomic E-state index is 0.541. The molecule has 0 atom stereocenters. The number of hydrogen-bond acceptors (Lipinski definition) is 6. The van der Waals surface area contributed by atoms with Gasteiger partial charge >= 0.3 is 0 Å². The third kappa shape index (κ3) is 2.49. The number of hydrogen-bond donors (Lipinski definition) is 2. The molecule has 1 aromatic carbocycles. The first kappa shape index (κ1) is 12.3. The highest BCUT2D eigenvalue weighted by Gasteiger charge is 2.09. The molecule has 3 aromatic rings. The lowest BCUT2D eigenvalue weighted by atomic mass is 10.3. The number of anilines is 3. The summed E-state index contributed by atoms with van der Waals surface area (Å²) >= 11 is 0. The van der Waals surface area contributed by atoms with Crippen LogP contribution in [0.25, 0.3) is 11.2 Å². The second kappa shape index (κ2) is 5.48. The predicted octanol–water partition coefficient (Wildman–Crippen LogP) is 2.60. The van der Waals surface area contributed by atoms with E-state index in [1.165, 1.54) is 0 Å². The van der Waals surface area contributed by atoms with Gasteiger partial charge in [0, 0.05) is 24.6 Å². The minimum Gasteiger partial charge on any atom is -0.354 e. The lowest BCUT2D eigenvalue weighted by Gasteiger charge is -2.09. The van der Waals surface area contributed by atoms with Gasteiger partial charge in [0.05, 0.1) is 0 Å². The highest BCUT2D eigenvalue weighted by Crippen LogP contribution is 2.21. The molecule has 0 amide bonds. The largest absolute Gasteiger partial charge is 0.354 e. The van der Waals surface area contributed by atoms with Crippen LogP contribution in [0.4, 0.5) is 17.5 Å². The molecule has 2 aromatic heterocycles. The van der Waals surface area contributed by atoms with Gasteiger partial charge in [-0.05, 0) is 19.1 Å². The van der Waals surface area contributed by atoms with Crippen LogP contribution in [-0.4, -0.2) is 26.5 Å². The molecular formula is C14H14N6. The van der Waals surface area contributed by atoms with E-state index in [0.717, 1.165) is 12.2 Å². The number of fused-ring (bicyclic) bond motifs is 1. The van der Waals surface area contributed by atoms with Crippen molar-refractivity contribution in [1.29, 1.82) is 0 Å². The van der Waals surface area contributed by atoms with Crippen molar-refractivity contribution in [3.05, 3.63) is 42.7 Å². The lowest BCUT2D eigenvalue weighted by Crippen LogP contribution is -2.06. The summed E-state index contributed by atoms with van der Waals surface area (Å²) in [7, 11) is 0. The average Bonchev–Trinajstić information content (AvgIpc) is 2.49. The van der Waals surface area contributed by atoms with E-state index in [9.17, 15) is 0 Å². The SMILES string of the molecule is CCNc1nc(Nc2ccccc2)c2nccnc2n1. The van der Waals surface area contributed by atoms with E-state index in [-0.39, 0.29) is 0 Å². The van der Waals surface area contributed by atoms with Crippen molar-refractivity contribution < 1.29 is 0 Å². The molecule has 2 N–H and O–H groups in total. The van der Waals surface area contributed by atoms with Gasteiger partial charge in [0.2, 0.25) is 5.95 Å². The van der Waals surface area contributed by atoms with Gasteiger partial charge < -0.3 is 10.6 Å². The first-order chi connectivity index (χ1) is 9.86. The quantitative estimate of drug-likeness (QED) is 0.756. The summed E-state index contributed by atoms with van der Waals surface area (Å²) in [6.07, 6.45) is 3.26. The lowest BCUT2D eigenvalue weighted by molar-refractivity contribution is 1.09. The maximum atomic E-state index is 4.45. The third-order valence-electron chi connectivity index (χ3n) is 2.70. The Hall–Kier alpha value is -2.76. The smallest absolute Gasteiger partial charge is 0.226 e. The molecule has 3 rings (SSSR count). The summed E-state index contributed by atoms with van der Waals surface area (Å²) in [6.45, 7) is 2.74. The zero-order valence-electron chi connectivity index (χ0n) is 11.0. The van der Waals surface area contributed by atoms with E-state index in [2.05, 4.69) is 30.6 Å². The average molecular weight is 266 g/mol. The minimum atomic E-state index is 0.541. The van der Waals surface area contributed by atoms with E-state index in [1.54, 1.807) is 12.4 Å². The Balaban J connectivity index is 2.07. The van der Waals surface area contributed by atoms with E-state index in [0.29, 0.717) is 22.9 Å². The van der Waals surface area contributed by atoms with Gasteiger partial charge in [0.15, 0.2) is 17.0 Å². The molecule has 2 heterocycles. The van der Waals surface area contributed by atoms with Crippen molar-refractivity contribution in [2.75, 3.05) is 17.2 Å². The third-order valence-corrected chi connectivity index (χ3v) is 2.70. The summed E-state index contributed by atoms with van der Waals surface area (Å²) in [4.78, 5) is 17.3. The number of nitrogens with one attached hydrogen (secondary N) is 2. The molecule has 0 aliphatic rings. The maximum absolute atomic E-state index is 4.45. The fraction of sp³-hybridized carbons (Fsp3) is 0.143. The molecule has 20 heavy (non-hydrogen) atoms. The maximum Gasteiger partial charge on any atom is 0.226 e. The molecule has 0 fully saturated rings. The summed E-state index contributed by atoms with van der Waals surface area (Å²) in [6, 6.07) is 9.83. The predicted molar refractivity (Wildman–Crippen MR) is 79.0 cm³/mol. The zero-order chi connectivity index (χ0) is 13.8. The topological polar surface area (TPSA) is 75.6 Å². The number of benzene rings is 1. The normalized spacial score (nSPS) is 10.4. The van der Waals surface area contributed by atoms with E-state index in [4.69, 9.17) is 0 Å². The Bertz CT molecular complexity index is 713. The van der Waals surface area contributed by atoms with E-state index < -0.39 is 0 Å². The van der Waals surface area contributed by atoms with Crippen LogP contribution in [0.2, 0.25) is 0 Å². The Labute approximate surface area is 116 Å². The summed E-state index contributed by atoms with van der Waals surface area (Å²) in [5, 5.41) is 6.35. The summed E-state index contributed by atoms with van der Waals surface area (Å²) in [5.41, 5.74) is 2.16. The van der Waals surface area contributed by atoms with Gasteiger partial charge in [-0.1, -0.05) is 18.2 Å². The fourth-order valence-electron chi connectivity index (χ4n) is 1.85. The molecule has 100 valence electrons. The fourth-order valence-corrected chi connectivity index (χ4v) is 1.85. The molecule has 0 unspecified atom stereocenters. The van der Waals surface area contributed by atoms with Crippen LogP contribution in [0.3, 0.4) is 0 Å². The Kier molecular flexibility index (Phi) is 3.36. The van der Waals surface area contributed by atoms with Gasteiger partial charge in [-0.2, -0.15) is 9.97 Å². The first-order valence-corrected chi connectivity index (χ1v) is 6.41. The highest BCUT2D eigenvalue weighted by molar-refractivity contribution is 5.85. The monoisotopic (exact) mass is 266 g/mol. The van der Waals surface area contributed by atoms with Crippen LogP contribution in [0.1, 0.15) is 6.92 Å². The molecular weight excluding hydrogens is 252 g/mol. The standard InChI is InChI=1S/C14H14N6/c1-2-15-14-19-12-11(16-8-9-17-12)13(20-14)18-10-6-4-3-5-7-10/h3-9H,2H2,1H3,(H2,15,17,18,19,20). The van der Waals surface area contributed by atoms with Gasteiger partial charge in [0.1, 0.15) is 0 Å². The van der Waals surface area contributed by atoms with Crippen molar-refractivity contribution in [2.45, 2.75) is 6.92 Å². The van der Waals surface area contributed by atoms with Crippen LogP contribution >= 0.6 is 0 Å². The highest BCUT2D eigenvalue weighted by atomic mass is 15.2. The number of nitrogens with zero attached hydrogens (tertiary/aromatic N) is 4. The van der Waals surface area contributed by atoms with Gasteiger partial charge in [-0.15, -0.1) is 0 Å². The molecule has 0 saturated carbocycles. The number of para-hydroxylation sites is 1. The second-order valence-corrected chi connectivity index (χ2v) is 4.15. The molecule has 0 radical (unpaired) electrons. The number of aromatic nitrogens is 4. The van der Waals surface area contributed by atoms with Crippen LogP contribution in [0.15, 0.2) is 42.7 Å². The number of rotatable bonds is 4. The molecule has 0 aliphatic heterocycles. The zero-order valence-corrected chi connectivity index (χ0v) is 11.0. The molecule has 0 saturated heterocycles. The van der Waals surface area contributed by atoms with Crippen LogP contribution < -0.4 is 10.6 Å². The van der Waals surface area contributed by atoms with Crippen molar-refractivity contribution >= 4 is 28.6 Å². The van der Waals surface area contributed by atoms with Crippen molar-refractivity contribution in [3.63, 3.8) is 0 Å². The molecule has 0 spiro atoms. The van der Waals surface area contributed by atoms with E-state index in [1.807, 2.05) is 37.3 Å².